The molecule has 0 unspecified atom stereocenters. The van der Waals surface area contributed by atoms with Gasteiger partial charge in [0.1, 0.15) is 0 Å². The Labute approximate surface area is 105 Å². The standard InChI is InChI=1S/C8H14O8S2/c1-3-8(4-2,7(10)18(14,15)16)5-6(9)17(11,12)13/h3-5H2,1-2H3,(H,11,12,13)(H,14,15,16). The smallest absolute Gasteiger partial charge is 0.280 e. The zero-order valence-electron chi connectivity index (χ0n) is 9.78. The van der Waals surface area contributed by atoms with Crippen LogP contribution in [0.15, 0.2) is 0 Å². The lowest BCUT2D eigenvalue weighted by molar-refractivity contribution is -0.126. The second kappa shape index (κ2) is 5.43. The molecule has 0 fully saturated rings. The molecule has 0 aromatic carbocycles. The van der Waals surface area contributed by atoms with Crippen molar-refractivity contribution in [2.45, 2.75) is 33.1 Å². The van der Waals surface area contributed by atoms with Crippen molar-refractivity contribution in [1.82, 2.24) is 0 Å². The summed E-state index contributed by atoms with van der Waals surface area (Å²) in [5.74, 6) is 0. The van der Waals surface area contributed by atoms with E-state index in [1.807, 2.05) is 0 Å². The third-order valence-corrected chi connectivity index (χ3v) is 4.41. The molecule has 10 heteroatoms. The first kappa shape index (κ1) is 17.2. The van der Waals surface area contributed by atoms with Crippen molar-refractivity contribution >= 4 is 30.5 Å². The molecule has 0 spiro atoms. The average Bonchev–Trinajstić information content (AvgIpc) is 2.22. The minimum atomic E-state index is -5.04. The van der Waals surface area contributed by atoms with Gasteiger partial charge in [0.25, 0.3) is 10.2 Å². The summed E-state index contributed by atoms with van der Waals surface area (Å²) >= 11 is 0. The van der Waals surface area contributed by atoms with Crippen molar-refractivity contribution in [3.8, 4) is 0 Å². The number of hydrogen-bond donors (Lipinski definition) is 2. The molecule has 0 aliphatic carbocycles. The van der Waals surface area contributed by atoms with Crippen LogP contribution in [0.3, 0.4) is 0 Å². The third kappa shape index (κ3) is 3.83. The minimum absolute atomic E-state index is 0.177. The monoisotopic (exact) mass is 302 g/mol. The number of carbonyl (C=O) groups is 2. The summed E-state index contributed by atoms with van der Waals surface area (Å²) in [4.78, 5) is 22.7. The van der Waals surface area contributed by atoms with Gasteiger partial charge in [-0.2, -0.15) is 16.8 Å². The molecule has 0 aliphatic rings. The summed E-state index contributed by atoms with van der Waals surface area (Å²) in [6, 6.07) is 0. The van der Waals surface area contributed by atoms with Gasteiger partial charge in [0.05, 0.1) is 5.41 Å². The first-order valence-electron chi connectivity index (χ1n) is 4.93. The van der Waals surface area contributed by atoms with E-state index in [4.69, 9.17) is 9.11 Å². The Morgan fingerprint density at radius 1 is 0.944 bits per heavy atom. The van der Waals surface area contributed by atoms with E-state index in [0.29, 0.717) is 0 Å². The van der Waals surface area contributed by atoms with E-state index in [1.54, 1.807) is 0 Å². The quantitative estimate of drug-likeness (QED) is 0.676. The zero-order valence-corrected chi connectivity index (χ0v) is 11.4. The predicted molar refractivity (Wildman–Crippen MR) is 60.7 cm³/mol. The van der Waals surface area contributed by atoms with Gasteiger partial charge < -0.3 is 0 Å². The number of carbonyl (C=O) groups excluding carboxylic acids is 2. The third-order valence-electron chi connectivity index (χ3n) is 2.79. The highest BCUT2D eigenvalue weighted by Crippen LogP contribution is 2.34. The Morgan fingerprint density at radius 3 is 1.56 bits per heavy atom. The fourth-order valence-corrected chi connectivity index (χ4v) is 2.87. The molecular formula is C8H14O8S2. The molecule has 2 N–H and O–H groups in total. The largest absolute Gasteiger partial charge is 0.329 e. The lowest BCUT2D eigenvalue weighted by Crippen LogP contribution is -2.38. The van der Waals surface area contributed by atoms with Gasteiger partial charge in [-0.05, 0) is 12.8 Å². The van der Waals surface area contributed by atoms with Crippen LogP contribution in [0, 0.1) is 5.41 Å². The van der Waals surface area contributed by atoms with Crippen molar-refractivity contribution < 1.29 is 35.5 Å². The number of hydrogen-bond acceptors (Lipinski definition) is 6. The zero-order chi connectivity index (χ0) is 14.8. The van der Waals surface area contributed by atoms with Gasteiger partial charge >= 0.3 is 20.2 Å². The summed E-state index contributed by atoms with van der Waals surface area (Å²) in [6.07, 6.45) is -1.36. The van der Waals surface area contributed by atoms with Gasteiger partial charge in [0.2, 0.25) is 0 Å². The fraction of sp³-hybridized carbons (Fsp3) is 0.750. The van der Waals surface area contributed by atoms with Gasteiger partial charge in [-0.25, -0.2) is 0 Å². The molecule has 18 heavy (non-hydrogen) atoms. The Balaban J connectivity index is 5.58. The van der Waals surface area contributed by atoms with Gasteiger partial charge in [-0.1, -0.05) is 13.8 Å². The van der Waals surface area contributed by atoms with Crippen LogP contribution in [0.5, 0.6) is 0 Å². The maximum Gasteiger partial charge on any atom is 0.329 e. The van der Waals surface area contributed by atoms with E-state index in [0.717, 1.165) is 0 Å². The van der Waals surface area contributed by atoms with E-state index < -0.39 is 42.3 Å². The minimum Gasteiger partial charge on any atom is -0.280 e. The Hall–Kier alpha value is -0.840. The molecule has 8 nitrogen and oxygen atoms in total. The Bertz CT molecular complexity index is 538. The molecular weight excluding hydrogens is 288 g/mol. The summed E-state index contributed by atoms with van der Waals surface area (Å²) < 4.78 is 60.0. The predicted octanol–water partition coefficient (Wildman–Crippen LogP) is 0.0117. The van der Waals surface area contributed by atoms with Crippen molar-refractivity contribution in [3.05, 3.63) is 0 Å². The highest BCUT2D eigenvalue weighted by atomic mass is 32.2. The lowest BCUT2D eigenvalue weighted by Gasteiger charge is -2.26. The molecule has 0 aromatic heterocycles. The molecule has 0 heterocycles. The number of rotatable bonds is 5. The van der Waals surface area contributed by atoms with Crippen molar-refractivity contribution in [1.29, 1.82) is 0 Å². The maximum atomic E-state index is 11.5. The van der Waals surface area contributed by atoms with E-state index >= 15 is 0 Å². The van der Waals surface area contributed by atoms with Crippen molar-refractivity contribution in [3.63, 3.8) is 0 Å². The van der Waals surface area contributed by atoms with E-state index in [1.165, 1.54) is 13.8 Å². The molecule has 0 saturated heterocycles. The normalized spacial score (nSPS) is 13.3. The average molecular weight is 302 g/mol. The van der Waals surface area contributed by atoms with Crippen LogP contribution in [-0.2, 0) is 29.8 Å². The second-order valence-electron chi connectivity index (χ2n) is 3.77. The van der Waals surface area contributed by atoms with E-state index in [2.05, 4.69) is 0 Å². The van der Waals surface area contributed by atoms with Crippen LogP contribution in [0.4, 0.5) is 0 Å². The highest BCUT2D eigenvalue weighted by Gasteiger charge is 2.45. The van der Waals surface area contributed by atoms with Gasteiger partial charge in [0, 0.05) is 6.42 Å². The van der Waals surface area contributed by atoms with Crippen LogP contribution in [-0.4, -0.2) is 36.2 Å². The van der Waals surface area contributed by atoms with Crippen LogP contribution in [0.1, 0.15) is 33.1 Å². The molecule has 0 saturated carbocycles. The SMILES string of the molecule is CCC(CC)(CC(=O)S(=O)(=O)O)C(=O)S(=O)(=O)O. The van der Waals surface area contributed by atoms with Gasteiger partial charge in [0.15, 0.2) is 0 Å². The summed E-state index contributed by atoms with van der Waals surface area (Å²) in [5, 5.41) is -3.29. The van der Waals surface area contributed by atoms with E-state index in [9.17, 15) is 26.4 Å². The fourth-order valence-electron chi connectivity index (χ4n) is 1.50. The molecule has 0 aromatic rings. The maximum absolute atomic E-state index is 11.5. The van der Waals surface area contributed by atoms with Crippen LogP contribution >= 0.6 is 0 Å². The van der Waals surface area contributed by atoms with Crippen LogP contribution < -0.4 is 0 Å². The molecule has 0 aliphatic heterocycles. The van der Waals surface area contributed by atoms with Crippen LogP contribution in [0.2, 0.25) is 0 Å². The van der Waals surface area contributed by atoms with Crippen LogP contribution in [0.25, 0.3) is 0 Å². The van der Waals surface area contributed by atoms with Crippen molar-refractivity contribution in [2.24, 2.45) is 5.41 Å². The topological polar surface area (TPSA) is 143 Å². The Kier molecular flexibility index (Phi) is 5.17. The molecule has 0 radical (unpaired) electrons. The molecule has 0 rings (SSSR count). The highest BCUT2D eigenvalue weighted by molar-refractivity contribution is 8.01. The molecule has 0 bridgehead atoms. The van der Waals surface area contributed by atoms with Gasteiger partial charge in [-0.3, -0.25) is 18.7 Å². The summed E-state index contributed by atoms with van der Waals surface area (Å²) in [7, 11) is -10.0. The molecule has 0 atom stereocenters. The summed E-state index contributed by atoms with van der Waals surface area (Å²) in [6.45, 7) is 2.73. The lowest BCUT2D eigenvalue weighted by atomic mass is 9.81. The first-order chi connectivity index (χ1) is 7.90. The second-order valence-corrected chi connectivity index (χ2v) is 6.50. The van der Waals surface area contributed by atoms with E-state index in [-0.39, 0.29) is 12.8 Å². The first-order valence-corrected chi connectivity index (χ1v) is 7.81. The Morgan fingerprint density at radius 2 is 1.33 bits per heavy atom. The van der Waals surface area contributed by atoms with Crippen molar-refractivity contribution in [2.75, 3.05) is 0 Å². The summed E-state index contributed by atoms with van der Waals surface area (Å²) in [5.41, 5.74) is -1.86. The molecule has 106 valence electrons. The van der Waals surface area contributed by atoms with Gasteiger partial charge in [-0.15, -0.1) is 0 Å². The molecule has 0 amide bonds.